The number of nitrogens with zero attached hydrogens (tertiary/aromatic N) is 3. The van der Waals surface area contributed by atoms with E-state index >= 15 is 0 Å². The molecule has 0 radical (unpaired) electrons. The van der Waals surface area contributed by atoms with Crippen LogP contribution in [0.3, 0.4) is 0 Å². The SMILES string of the molecule is CCCO[C@@H]1CCCN(Cc2cn(C)nc2-c2ccccc2F)C1. The molecule has 0 aliphatic carbocycles. The van der Waals surface area contributed by atoms with Gasteiger partial charge in [-0.15, -0.1) is 0 Å². The predicted molar refractivity (Wildman–Crippen MR) is 93.1 cm³/mol. The van der Waals surface area contributed by atoms with Crippen LogP contribution in [0.5, 0.6) is 0 Å². The number of likely N-dealkylation sites (tertiary alicyclic amines) is 1. The van der Waals surface area contributed by atoms with Crippen LogP contribution in [0, 0.1) is 5.82 Å². The largest absolute Gasteiger partial charge is 0.377 e. The van der Waals surface area contributed by atoms with Crippen LogP contribution in [0.25, 0.3) is 11.3 Å². The molecule has 1 aromatic heterocycles. The average Bonchev–Trinajstić information content (AvgIpc) is 2.94. The maximum Gasteiger partial charge on any atom is 0.132 e. The van der Waals surface area contributed by atoms with Crippen LogP contribution in [-0.4, -0.2) is 40.5 Å². The molecule has 0 N–H and O–H groups in total. The van der Waals surface area contributed by atoms with Crippen molar-refractivity contribution in [2.24, 2.45) is 7.05 Å². The highest BCUT2D eigenvalue weighted by atomic mass is 19.1. The van der Waals surface area contributed by atoms with Crippen LogP contribution in [0.1, 0.15) is 31.7 Å². The molecule has 5 heteroatoms. The summed E-state index contributed by atoms with van der Waals surface area (Å²) in [5.74, 6) is -0.222. The minimum absolute atomic E-state index is 0.222. The predicted octanol–water partition coefficient (Wildman–Crippen LogP) is 3.62. The first-order valence-electron chi connectivity index (χ1n) is 8.78. The number of halogens is 1. The third kappa shape index (κ3) is 4.02. The second-order valence-corrected chi connectivity index (χ2v) is 6.53. The van der Waals surface area contributed by atoms with Gasteiger partial charge in [-0.2, -0.15) is 5.10 Å². The molecule has 130 valence electrons. The van der Waals surface area contributed by atoms with Gasteiger partial charge in [0.2, 0.25) is 0 Å². The number of benzene rings is 1. The molecule has 1 aliphatic heterocycles. The number of ether oxygens (including phenoxy) is 1. The molecule has 2 aromatic rings. The van der Waals surface area contributed by atoms with Crippen LogP contribution >= 0.6 is 0 Å². The van der Waals surface area contributed by atoms with Crippen molar-refractivity contribution in [1.29, 1.82) is 0 Å². The zero-order valence-electron chi connectivity index (χ0n) is 14.5. The Bertz CT molecular complexity index is 670. The normalized spacial score (nSPS) is 18.9. The third-order valence-electron chi connectivity index (χ3n) is 4.45. The molecule has 1 aliphatic rings. The van der Waals surface area contributed by atoms with Crippen molar-refractivity contribution in [3.8, 4) is 11.3 Å². The highest BCUT2D eigenvalue weighted by Crippen LogP contribution is 2.26. The molecule has 0 amide bonds. The van der Waals surface area contributed by atoms with E-state index in [0.29, 0.717) is 11.7 Å². The number of hydrogen-bond donors (Lipinski definition) is 0. The molecule has 1 saturated heterocycles. The van der Waals surface area contributed by atoms with Crippen LogP contribution in [0.2, 0.25) is 0 Å². The first kappa shape index (κ1) is 17.1. The van der Waals surface area contributed by atoms with Crippen molar-refractivity contribution in [1.82, 2.24) is 14.7 Å². The fourth-order valence-electron chi connectivity index (χ4n) is 3.35. The van der Waals surface area contributed by atoms with E-state index in [2.05, 4.69) is 16.9 Å². The van der Waals surface area contributed by atoms with Gasteiger partial charge in [0.05, 0.1) is 11.8 Å². The van der Waals surface area contributed by atoms with Gasteiger partial charge in [-0.1, -0.05) is 19.1 Å². The summed E-state index contributed by atoms with van der Waals surface area (Å²) in [6.07, 6.45) is 5.63. The molecule has 2 heterocycles. The van der Waals surface area contributed by atoms with Gasteiger partial charge in [-0.25, -0.2) is 4.39 Å². The molecule has 0 spiro atoms. The zero-order valence-corrected chi connectivity index (χ0v) is 14.5. The summed E-state index contributed by atoms with van der Waals surface area (Å²) < 4.78 is 21.8. The summed E-state index contributed by atoms with van der Waals surface area (Å²) in [5, 5.41) is 4.49. The van der Waals surface area contributed by atoms with E-state index < -0.39 is 0 Å². The van der Waals surface area contributed by atoms with E-state index in [4.69, 9.17) is 4.74 Å². The van der Waals surface area contributed by atoms with Gasteiger partial charge >= 0.3 is 0 Å². The molecular weight excluding hydrogens is 305 g/mol. The number of rotatable bonds is 6. The van der Waals surface area contributed by atoms with Gasteiger partial charge in [0.25, 0.3) is 0 Å². The Hall–Kier alpha value is -1.72. The molecule has 0 unspecified atom stereocenters. The van der Waals surface area contributed by atoms with Crippen LogP contribution in [0.4, 0.5) is 4.39 Å². The van der Waals surface area contributed by atoms with Gasteiger partial charge in [0.15, 0.2) is 0 Å². The van der Waals surface area contributed by atoms with Crippen LogP contribution < -0.4 is 0 Å². The summed E-state index contributed by atoms with van der Waals surface area (Å²) in [4.78, 5) is 2.39. The monoisotopic (exact) mass is 331 g/mol. The van der Waals surface area contributed by atoms with E-state index in [1.807, 2.05) is 19.3 Å². The molecule has 1 atom stereocenters. The van der Waals surface area contributed by atoms with Crippen molar-refractivity contribution in [2.45, 2.75) is 38.8 Å². The third-order valence-corrected chi connectivity index (χ3v) is 4.45. The molecule has 1 fully saturated rings. The van der Waals surface area contributed by atoms with E-state index in [1.165, 1.54) is 6.07 Å². The number of hydrogen-bond acceptors (Lipinski definition) is 3. The Morgan fingerprint density at radius 1 is 1.33 bits per heavy atom. The minimum atomic E-state index is -0.222. The first-order chi connectivity index (χ1) is 11.7. The highest BCUT2D eigenvalue weighted by molar-refractivity contribution is 5.63. The van der Waals surface area contributed by atoms with Crippen LogP contribution in [0.15, 0.2) is 30.5 Å². The van der Waals surface area contributed by atoms with Gasteiger partial charge in [0.1, 0.15) is 5.82 Å². The second-order valence-electron chi connectivity index (χ2n) is 6.53. The summed E-state index contributed by atoms with van der Waals surface area (Å²) in [6, 6.07) is 6.85. The minimum Gasteiger partial charge on any atom is -0.377 e. The Kier molecular flexibility index (Phi) is 5.63. The maximum atomic E-state index is 14.2. The van der Waals surface area contributed by atoms with E-state index in [1.54, 1.807) is 16.8 Å². The van der Waals surface area contributed by atoms with E-state index in [9.17, 15) is 4.39 Å². The average molecular weight is 331 g/mol. The molecule has 4 nitrogen and oxygen atoms in total. The Balaban J connectivity index is 1.75. The molecule has 24 heavy (non-hydrogen) atoms. The Labute approximate surface area is 143 Å². The number of aromatic nitrogens is 2. The molecule has 0 saturated carbocycles. The lowest BCUT2D eigenvalue weighted by Gasteiger charge is -2.32. The number of piperidine rings is 1. The lowest BCUT2D eigenvalue weighted by molar-refractivity contribution is -0.00219. The fourth-order valence-corrected chi connectivity index (χ4v) is 3.35. The van der Waals surface area contributed by atoms with Crippen molar-refractivity contribution in [2.75, 3.05) is 19.7 Å². The molecule has 0 bridgehead atoms. The molecule has 1 aromatic carbocycles. The second kappa shape index (κ2) is 7.90. The van der Waals surface area contributed by atoms with Crippen molar-refractivity contribution >= 4 is 0 Å². The molecular formula is C19H26FN3O. The standard InChI is InChI=1S/C19H26FN3O/c1-3-11-24-16-7-6-10-23(14-16)13-15-12-22(2)21-19(15)17-8-4-5-9-18(17)20/h4-5,8-9,12,16H,3,6-7,10-11,13-14H2,1-2H3/t16-/m1/s1. The first-order valence-corrected chi connectivity index (χ1v) is 8.78. The lowest BCUT2D eigenvalue weighted by atomic mass is 10.0. The smallest absolute Gasteiger partial charge is 0.132 e. The van der Waals surface area contributed by atoms with Crippen molar-refractivity contribution < 1.29 is 9.13 Å². The van der Waals surface area contributed by atoms with Crippen molar-refractivity contribution in [3.05, 3.63) is 41.8 Å². The summed E-state index contributed by atoms with van der Waals surface area (Å²) in [7, 11) is 1.89. The lowest BCUT2D eigenvalue weighted by Crippen LogP contribution is -2.39. The van der Waals surface area contributed by atoms with E-state index in [-0.39, 0.29) is 5.82 Å². The Morgan fingerprint density at radius 3 is 2.96 bits per heavy atom. The van der Waals surface area contributed by atoms with E-state index in [0.717, 1.165) is 56.8 Å². The van der Waals surface area contributed by atoms with Gasteiger partial charge in [-0.3, -0.25) is 9.58 Å². The molecule has 3 rings (SSSR count). The summed E-state index contributed by atoms with van der Waals surface area (Å²) in [6.45, 7) is 5.73. The van der Waals surface area contributed by atoms with Gasteiger partial charge < -0.3 is 4.74 Å². The quantitative estimate of drug-likeness (QED) is 0.810. The zero-order chi connectivity index (χ0) is 16.9. The maximum absolute atomic E-state index is 14.2. The van der Waals surface area contributed by atoms with Crippen LogP contribution in [-0.2, 0) is 18.3 Å². The number of aryl methyl sites for hydroxylation is 1. The van der Waals surface area contributed by atoms with Gasteiger partial charge in [0, 0.05) is 44.1 Å². The summed E-state index contributed by atoms with van der Waals surface area (Å²) in [5.41, 5.74) is 2.38. The fraction of sp³-hybridized carbons (Fsp3) is 0.526. The van der Waals surface area contributed by atoms with Gasteiger partial charge in [-0.05, 0) is 37.9 Å². The highest BCUT2D eigenvalue weighted by Gasteiger charge is 2.22. The topological polar surface area (TPSA) is 30.3 Å². The summed E-state index contributed by atoms with van der Waals surface area (Å²) >= 11 is 0. The van der Waals surface area contributed by atoms with Crippen molar-refractivity contribution in [3.63, 3.8) is 0 Å². The Morgan fingerprint density at radius 2 is 2.17 bits per heavy atom.